The van der Waals surface area contributed by atoms with Gasteiger partial charge in [0, 0.05) is 28.8 Å². The lowest BCUT2D eigenvalue weighted by Gasteiger charge is -2.09. The van der Waals surface area contributed by atoms with Crippen molar-refractivity contribution in [1.29, 1.82) is 0 Å². The second kappa shape index (κ2) is 8.07. The van der Waals surface area contributed by atoms with Crippen LogP contribution in [0.4, 0.5) is 11.4 Å². The Kier molecular flexibility index (Phi) is 5.78. The Balaban J connectivity index is 1.57. The molecule has 0 atom stereocenters. The molecule has 0 aliphatic heterocycles. The molecular weight excluding hydrogens is 390 g/mol. The van der Waals surface area contributed by atoms with Crippen LogP contribution in [0.1, 0.15) is 12.8 Å². The molecule has 10 heteroatoms. The number of sulfonamides is 1. The largest absolute Gasteiger partial charge is 0.325 e. The van der Waals surface area contributed by atoms with Crippen LogP contribution in [0.15, 0.2) is 58.3 Å². The van der Waals surface area contributed by atoms with Crippen molar-refractivity contribution in [3.63, 3.8) is 0 Å². The number of non-ortho nitro benzene ring substituents is 1. The fourth-order valence-corrected chi connectivity index (χ4v) is 4.29. The zero-order valence-electron chi connectivity index (χ0n) is 14.1. The number of thioether (sulfide) groups is 1. The molecule has 27 heavy (non-hydrogen) atoms. The Labute approximate surface area is 160 Å². The van der Waals surface area contributed by atoms with Gasteiger partial charge in [0.1, 0.15) is 0 Å². The summed E-state index contributed by atoms with van der Waals surface area (Å²) < 4.78 is 27.1. The number of carbonyl (C=O) groups is 1. The number of hydrogen-bond acceptors (Lipinski definition) is 6. The maximum Gasteiger partial charge on any atom is 0.269 e. The lowest BCUT2D eigenvalue weighted by Crippen LogP contribution is -2.25. The summed E-state index contributed by atoms with van der Waals surface area (Å²) in [5.41, 5.74) is 0.379. The predicted molar refractivity (Wildman–Crippen MR) is 102 cm³/mol. The van der Waals surface area contributed by atoms with E-state index in [2.05, 4.69) is 10.0 Å². The fraction of sp³-hybridized carbons (Fsp3) is 0.235. The molecule has 0 radical (unpaired) electrons. The number of benzene rings is 2. The maximum absolute atomic E-state index is 12.2. The van der Waals surface area contributed by atoms with Crippen LogP contribution in [0.2, 0.25) is 0 Å². The molecule has 142 valence electrons. The molecule has 0 heterocycles. The van der Waals surface area contributed by atoms with Crippen molar-refractivity contribution in [3.05, 3.63) is 58.6 Å². The number of nitrogens with one attached hydrogen (secondary N) is 2. The molecule has 1 amide bonds. The zero-order valence-corrected chi connectivity index (χ0v) is 15.8. The van der Waals surface area contributed by atoms with E-state index < -0.39 is 14.9 Å². The van der Waals surface area contributed by atoms with Crippen molar-refractivity contribution in [2.75, 3.05) is 11.1 Å². The first-order chi connectivity index (χ1) is 12.8. The minimum Gasteiger partial charge on any atom is -0.325 e. The van der Waals surface area contributed by atoms with Crippen LogP contribution in [0.25, 0.3) is 0 Å². The third kappa shape index (κ3) is 5.52. The number of nitro groups is 1. The summed E-state index contributed by atoms with van der Waals surface area (Å²) in [5, 5.41) is 13.3. The molecule has 1 aliphatic rings. The van der Waals surface area contributed by atoms with Crippen molar-refractivity contribution in [3.8, 4) is 0 Å². The Morgan fingerprint density at radius 3 is 2.52 bits per heavy atom. The van der Waals surface area contributed by atoms with Crippen LogP contribution >= 0.6 is 11.8 Å². The Morgan fingerprint density at radius 1 is 1.19 bits per heavy atom. The van der Waals surface area contributed by atoms with Gasteiger partial charge in [0.05, 0.1) is 15.6 Å². The molecule has 2 aromatic rings. The lowest BCUT2D eigenvalue weighted by atomic mass is 10.3. The van der Waals surface area contributed by atoms with E-state index in [9.17, 15) is 23.3 Å². The molecule has 0 saturated heterocycles. The summed E-state index contributed by atoms with van der Waals surface area (Å²) in [5.74, 6) is -0.210. The molecule has 2 aromatic carbocycles. The van der Waals surface area contributed by atoms with E-state index in [0.29, 0.717) is 5.69 Å². The van der Waals surface area contributed by atoms with Crippen LogP contribution in [0, 0.1) is 10.1 Å². The summed E-state index contributed by atoms with van der Waals surface area (Å²) >= 11 is 1.23. The molecule has 1 saturated carbocycles. The number of hydrogen-bond donors (Lipinski definition) is 2. The number of anilines is 1. The smallest absolute Gasteiger partial charge is 0.269 e. The number of nitro benzene ring substituents is 1. The van der Waals surface area contributed by atoms with Crippen molar-refractivity contribution < 1.29 is 18.1 Å². The first-order valence-corrected chi connectivity index (χ1v) is 10.6. The third-order valence-corrected chi connectivity index (χ3v) is 6.27. The van der Waals surface area contributed by atoms with E-state index in [1.54, 1.807) is 24.3 Å². The normalized spacial score (nSPS) is 13.9. The van der Waals surface area contributed by atoms with E-state index in [4.69, 9.17) is 0 Å². The number of rotatable bonds is 8. The van der Waals surface area contributed by atoms with Crippen molar-refractivity contribution in [2.24, 2.45) is 0 Å². The molecule has 0 aromatic heterocycles. The van der Waals surface area contributed by atoms with Gasteiger partial charge in [0.25, 0.3) is 5.69 Å². The second-order valence-corrected chi connectivity index (χ2v) is 8.77. The van der Waals surface area contributed by atoms with E-state index >= 15 is 0 Å². The number of amides is 1. The first-order valence-electron chi connectivity index (χ1n) is 8.13. The Bertz CT molecular complexity index is 957. The molecule has 2 N–H and O–H groups in total. The minimum absolute atomic E-state index is 0.00587. The quantitative estimate of drug-likeness (QED) is 0.395. The Hall–Kier alpha value is -2.43. The van der Waals surface area contributed by atoms with Gasteiger partial charge in [-0.15, -0.1) is 11.8 Å². The average molecular weight is 407 g/mol. The van der Waals surface area contributed by atoms with Gasteiger partial charge in [-0.3, -0.25) is 14.9 Å². The summed E-state index contributed by atoms with van der Waals surface area (Å²) in [4.78, 5) is 23.1. The minimum atomic E-state index is -3.58. The van der Waals surface area contributed by atoms with Gasteiger partial charge in [0.15, 0.2) is 0 Å². The lowest BCUT2D eigenvalue weighted by molar-refractivity contribution is -0.384. The van der Waals surface area contributed by atoms with E-state index in [-0.39, 0.29) is 28.3 Å². The second-order valence-electron chi connectivity index (χ2n) is 6.01. The van der Waals surface area contributed by atoms with Crippen molar-refractivity contribution >= 4 is 39.1 Å². The summed E-state index contributed by atoms with van der Waals surface area (Å²) in [6.45, 7) is 0. The van der Waals surface area contributed by atoms with Gasteiger partial charge in [-0.05, 0) is 43.2 Å². The molecule has 0 unspecified atom stereocenters. The molecule has 1 aliphatic carbocycles. The van der Waals surface area contributed by atoms with Gasteiger partial charge in [0.2, 0.25) is 15.9 Å². The van der Waals surface area contributed by atoms with E-state index in [0.717, 1.165) is 17.7 Å². The standard InChI is InChI=1S/C17H17N3O5S2/c21-17(11-26-15-8-6-14(7-9-15)20(22)23)18-13-2-1-3-16(10-13)27(24,25)19-12-4-5-12/h1-3,6-10,12,19H,4-5,11H2,(H,18,21). The molecule has 0 spiro atoms. The fourth-order valence-electron chi connectivity index (χ4n) is 2.24. The topological polar surface area (TPSA) is 118 Å². The van der Waals surface area contributed by atoms with Crippen LogP contribution in [-0.4, -0.2) is 31.0 Å². The van der Waals surface area contributed by atoms with Crippen LogP contribution in [0.3, 0.4) is 0 Å². The zero-order chi connectivity index (χ0) is 19.4. The van der Waals surface area contributed by atoms with Crippen molar-refractivity contribution in [2.45, 2.75) is 28.7 Å². The number of carbonyl (C=O) groups excluding carboxylic acids is 1. The summed E-state index contributed by atoms with van der Waals surface area (Å²) in [7, 11) is -3.58. The molecule has 0 bridgehead atoms. The monoisotopic (exact) mass is 407 g/mol. The van der Waals surface area contributed by atoms with Gasteiger partial charge >= 0.3 is 0 Å². The van der Waals surface area contributed by atoms with Crippen LogP contribution in [0.5, 0.6) is 0 Å². The highest BCUT2D eigenvalue weighted by Gasteiger charge is 2.28. The SMILES string of the molecule is O=C(CSc1ccc([N+](=O)[O-])cc1)Nc1cccc(S(=O)(=O)NC2CC2)c1. The number of nitrogens with zero attached hydrogens (tertiary/aromatic N) is 1. The highest BCUT2D eigenvalue weighted by molar-refractivity contribution is 8.00. The van der Waals surface area contributed by atoms with Gasteiger partial charge in [-0.2, -0.15) is 0 Å². The van der Waals surface area contributed by atoms with E-state index in [1.165, 1.54) is 36.0 Å². The maximum atomic E-state index is 12.2. The molecule has 1 fully saturated rings. The van der Waals surface area contributed by atoms with Gasteiger partial charge in [-0.1, -0.05) is 6.07 Å². The van der Waals surface area contributed by atoms with Crippen LogP contribution in [-0.2, 0) is 14.8 Å². The first kappa shape index (κ1) is 19.3. The molecule has 8 nitrogen and oxygen atoms in total. The summed E-state index contributed by atoms with van der Waals surface area (Å²) in [6.07, 6.45) is 1.69. The third-order valence-electron chi connectivity index (χ3n) is 3.74. The van der Waals surface area contributed by atoms with Crippen LogP contribution < -0.4 is 10.0 Å². The average Bonchev–Trinajstić information content (AvgIpc) is 3.44. The van der Waals surface area contributed by atoms with Crippen molar-refractivity contribution in [1.82, 2.24) is 4.72 Å². The highest BCUT2D eigenvalue weighted by atomic mass is 32.2. The molecule has 3 rings (SSSR count). The Morgan fingerprint density at radius 2 is 1.89 bits per heavy atom. The predicted octanol–water partition coefficient (Wildman–Crippen LogP) is 2.77. The van der Waals surface area contributed by atoms with E-state index in [1.807, 2.05) is 0 Å². The van der Waals surface area contributed by atoms with Gasteiger partial charge < -0.3 is 5.32 Å². The highest BCUT2D eigenvalue weighted by Crippen LogP contribution is 2.24. The summed E-state index contributed by atoms with van der Waals surface area (Å²) in [6, 6.07) is 12.0. The van der Waals surface area contributed by atoms with Gasteiger partial charge in [-0.25, -0.2) is 13.1 Å². The molecular formula is C17H17N3O5S2.